The topological polar surface area (TPSA) is 67.0 Å². The van der Waals surface area contributed by atoms with Crippen LogP contribution in [0.2, 0.25) is 0 Å². The Morgan fingerprint density at radius 1 is 1.15 bits per heavy atom. The summed E-state index contributed by atoms with van der Waals surface area (Å²) in [6.45, 7) is 0. The normalized spacial score (nSPS) is 30.9. The molecule has 1 fully saturated rings. The van der Waals surface area contributed by atoms with Crippen LogP contribution in [-0.4, -0.2) is 49.2 Å². The molecule has 0 bridgehead atoms. The number of nitrogens with zero attached hydrogens (tertiary/aromatic N) is 1. The number of fused-ring (bicyclic) bond motifs is 2. The summed E-state index contributed by atoms with van der Waals surface area (Å²) in [6, 6.07) is 6.69. The number of benzene rings is 1. The molecule has 4 unspecified atom stereocenters. The Morgan fingerprint density at radius 3 is 2.38 bits per heavy atom. The quantitative estimate of drug-likeness (QED) is 0.578. The van der Waals surface area contributed by atoms with Crippen molar-refractivity contribution in [1.82, 2.24) is 4.31 Å². The van der Waals surface area contributed by atoms with Gasteiger partial charge in [0.15, 0.2) is 5.78 Å². The molecule has 1 aromatic carbocycles. The number of alkyl halides is 3. The molecule has 3 aliphatic rings. The van der Waals surface area contributed by atoms with Crippen molar-refractivity contribution in [1.29, 1.82) is 0 Å². The second-order valence-corrected chi connectivity index (χ2v) is 8.40. The smallest absolute Gasteiger partial charge is 0.357 e. The summed E-state index contributed by atoms with van der Waals surface area (Å²) in [5.74, 6) is -1.80. The number of carbonyl (C=O) groups is 1. The summed E-state index contributed by atoms with van der Waals surface area (Å²) in [6.07, 6.45) is -3.90. The van der Waals surface area contributed by atoms with Crippen LogP contribution in [0.1, 0.15) is 5.56 Å². The van der Waals surface area contributed by atoms with E-state index in [4.69, 9.17) is 4.74 Å². The van der Waals surface area contributed by atoms with Crippen molar-refractivity contribution >= 4 is 21.4 Å². The lowest BCUT2D eigenvalue weighted by Gasteiger charge is -2.30. The molecule has 0 radical (unpaired) electrons. The van der Waals surface area contributed by atoms with Gasteiger partial charge in [-0.1, -0.05) is 30.3 Å². The van der Waals surface area contributed by atoms with Crippen LogP contribution >= 0.6 is 0 Å². The van der Waals surface area contributed by atoms with Crippen molar-refractivity contribution in [3.63, 3.8) is 0 Å². The third kappa shape index (κ3) is 2.66. The standard InChI is InChI=1S/C17H14F3NO4S/c1-26(23,24)21-8-10(9-5-3-2-4-6-9)13-14(21)11(17(18,19)20)7-12-16(25-12)15(13)22/h2-8,12-14,16H,1H3. The van der Waals surface area contributed by atoms with E-state index in [1.165, 1.54) is 0 Å². The molecule has 1 aromatic rings. The van der Waals surface area contributed by atoms with Gasteiger partial charge in [0.05, 0.1) is 23.8 Å². The van der Waals surface area contributed by atoms with Crippen molar-refractivity contribution in [3.8, 4) is 0 Å². The molecule has 5 nitrogen and oxygen atoms in total. The van der Waals surface area contributed by atoms with E-state index in [1.54, 1.807) is 30.3 Å². The van der Waals surface area contributed by atoms with Crippen LogP contribution in [0.25, 0.3) is 5.57 Å². The zero-order valence-electron chi connectivity index (χ0n) is 13.5. The Labute approximate surface area is 147 Å². The molecule has 4 rings (SSSR count). The van der Waals surface area contributed by atoms with Crippen molar-refractivity contribution in [3.05, 3.63) is 53.7 Å². The van der Waals surface area contributed by atoms with E-state index in [2.05, 4.69) is 0 Å². The van der Waals surface area contributed by atoms with Gasteiger partial charge in [-0.2, -0.15) is 13.2 Å². The average molecular weight is 385 g/mol. The number of epoxide rings is 1. The second kappa shape index (κ2) is 5.43. The molecule has 2 heterocycles. The first-order chi connectivity index (χ1) is 12.1. The third-order valence-corrected chi connectivity index (χ3v) is 5.88. The summed E-state index contributed by atoms with van der Waals surface area (Å²) in [5.41, 5.74) is -0.312. The molecule has 0 aromatic heterocycles. The Bertz CT molecular complexity index is 937. The summed E-state index contributed by atoms with van der Waals surface area (Å²) < 4.78 is 71.2. The van der Waals surface area contributed by atoms with Crippen molar-refractivity contribution in [2.45, 2.75) is 24.4 Å². The Balaban J connectivity index is 1.93. The number of hydrogen-bond donors (Lipinski definition) is 0. The maximum absolute atomic E-state index is 13.7. The van der Waals surface area contributed by atoms with Gasteiger partial charge in [-0.05, 0) is 17.2 Å². The van der Waals surface area contributed by atoms with Gasteiger partial charge in [0, 0.05) is 6.20 Å². The predicted molar refractivity (Wildman–Crippen MR) is 86.2 cm³/mol. The van der Waals surface area contributed by atoms with Gasteiger partial charge in [0.1, 0.15) is 12.2 Å². The highest BCUT2D eigenvalue weighted by Crippen LogP contribution is 2.49. The molecule has 1 saturated heterocycles. The van der Waals surface area contributed by atoms with Gasteiger partial charge < -0.3 is 4.74 Å². The van der Waals surface area contributed by atoms with Crippen molar-refractivity contribution in [2.75, 3.05) is 6.26 Å². The highest BCUT2D eigenvalue weighted by Gasteiger charge is 2.60. The maximum atomic E-state index is 13.7. The van der Waals surface area contributed by atoms with E-state index >= 15 is 0 Å². The molecular weight excluding hydrogens is 371 g/mol. The summed E-state index contributed by atoms with van der Waals surface area (Å²) >= 11 is 0. The van der Waals surface area contributed by atoms with E-state index in [0.717, 1.165) is 18.5 Å². The first-order valence-corrected chi connectivity index (χ1v) is 9.67. The fraction of sp³-hybridized carbons (Fsp3) is 0.353. The fourth-order valence-corrected chi connectivity index (χ4v) is 4.57. The molecule has 9 heteroatoms. The molecule has 0 saturated carbocycles. The summed E-state index contributed by atoms with van der Waals surface area (Å²) in [7, 11) is -4.03. The lowest BCUT2D eigenvalue weighted by Crippen LogP contribution is -2.44. The van der Waals surface area contributed by atoms with E-state index in [-0.39, 0.29) is 5.57 Å². The number of ketones is 1. The molecule has 0 amide bonds. The molecular formula is C17H14F3NO4S. The van der Waals surface area contributed by atoms with Crippen LogP contribution in [0.4, 0.5) is 13.2 Å². The van der Waals surface area contributed by atoms with Crippen LogP contribution < -0.4 is 0 Å². The van der Waals surface area contributed by atoms with Gasteiger partial charge in [-0.15, -0.1) is 0 Å². The molecule has 0 N–H and O–H groups in total. The summed E-state index contributed by atoms with van der Waals surface area (Å²) in [4.78, 5) is 12.8. The molecule has 0 spiro atoms. The van der Waals surface area contributed by atoms with Gasteiger partial charge in [-0.3, -0.25) is 9.10 Å². The van der Waals surface area contributed by atoms with Crippen molar-refractivity contribution < 1.29 is 31.1 Å². The van der Waals surface area contributed by atoms with Crippen LogP contribution in [0.5, 0.6) is 0 Å². The predicted octanol–water partition coefficient (Wildman–Crippen LogP) is 2.13. The number of ether oxygens (including phenoxy) is 1. The van der Waals surface area contributed by atoms with Gasteiger partial charge in [-0.25, -0.2) is 8.42 Å². The number of Topliss-reactive ketones (excluding diaryl/α,β-unsaturated/α-hetero) is 1. The zero-order valence-corrected chi connectivity index (χ0v) is 14.3. The highest BCUT2D eigenvalue weighted by molar-refractivity contribution is 7.88. The van der Waals surface area contributed by atoms with Crippen LogP contribution in [-0.2, 0) is 19.6 Å². The van der Waals surface area contributed by atoms with Gasteiger partial charge in [0.2, 0.25) is 10.0 Å². The molecule has 1 aliphatic carbocycles. The van der Waals surface area contributed by atoms with E-state index in [1.807, 2.05) is 0 Å². The van der Waals surface area contributed by atoms with E-state index in [9.17, 15) is 26.4 Å². The molecule has 138 valence electrons. The van der Waals surface area contributed by atoms with Gasteiger partial charge in [0.25, 0.3) is 0 Å². The molecule has 2 aliphatic heterocycles. The van der Waals surface area contributed by atoms with Crippen molar-refractivity contribution in [2.24, 2.45) is 5.92 Å². The second-order valence-electron chi connectivity index (χ2n) is 6.51. The largest absolute Gasteiger partial charge is 0.414 e. The zero-order chi connectivity index (χ0) is 18.9. The number of rotatable bonds is 2. The monoisotopic (exact) mass is 385 g/mol. The summed E-state index contributed by atoms with van der Waals surface area (Å²) in [5, 5.41) is 0. The minimum Gasteiger partial charge on any atom is -0.357 e. The Kier molecular flexibility index (Phi) is 3.61. The van der Waals surface area contributed by atoms with Gasteiger partial charge >= 0.3 is 6.18 Å². The van der Waals surface area contributed by atoms with E-state index in [0.29, 0.717) is 9.87 Å². The minimum atomic E-state index is -4.78. The minimum absolute atomic E-state index is 0.248. The average Bonchev–Trinajstić information content (AvgIpc) is 3.22. The lowest BCUT2D eigenvalue weighted by molar-refractivity contribution is -0.124. The third-order valence-electron chi connectivity index (χ3n) is 4.78. The number of hydrogen-bond acceptors (Lipinski definition) is 4. The van der Waals surface area contributed by atoms with E-state index < -0.39 is 51.7 Å². The fourth-order valence-electron chi connectivity index (χ4n) is 3.62. The van der Waals surface area contributed by atoms with Crippen LogP contribution in [0, 0.1) is 5.92 Å². The lowest BCUT2D eigenvalue weighted by atomic mass is 9.83. The number of carbonyl (C=O) groups excluding carboxylic acids is 1. The Hall–Kier alpha value is -2.13. The number of halogens is 3. The first kappa shape index (κ1) is 17.3. The highest BCUT2D eigenvalue weighted by atomic mass is 32.2. The Morgan fingerprint density at radius 2 is 1.81 bits per heavy atom. The number of sulfonamides is 1. The molecule has 4 atom stereocenters. The molecule has 26 heavy (non-hydrogen) atoms. The van der Waals surface area contributed by atoms with Crippen LogP contribution in [0.3, 0.4) is 0 Å². The van der Waals surface area contributed by atoms with Crippen LogP contribution in [0.15, 0.2) is 48.2 Å². The first-order valence-electron chi connectivity index (χ1n) is 7.83. The maximum Gasteiger partial charge on any atom is 0.414 e. The SMILES string of the molecule is CS(=O)(=O)N1C=C(c2ccccc2)C2C(=O)C3OC3C=C(C(F)(F)F)C21.